The molecule has 0 bridgehead atoms. The largest absolute Gasteiger partial charge is 0.507 e. The van der Waals surface area contributed by atoms with Crippen LogP contribution in [0.15, 0.2) is 46.8 Å². The molecule has 0 saturated carbocycles. The lowest BCUT2D eigenvalue weighted by molar-refractivity contribution is 0.0597. The van der Waals surface area contributed by atoms with E-state index in [0.717, 1.165) is 0 Å². The zero-order valence-electron chi connectivity index (χ0n) is 14.9. The summed E-state index contributed by atoms with van der Waals surface area (Å²) in [4.78, 5) is 11.7. The first-order chi connectivity index (χ1) is 12.8. The number of aromatic hydroxyl groups is 1. The summed E-state index contributed by atoms with van der Waals surface area (Å²) < 4.78 is 10.3. The minimum Gasteiger partial charge on any atom is -0.507 e. The van der Waals surface area contributed by atoms with Crippen molar-refractivity contribution in [1.29, 1.82) is 15.8 Å². The Bertz CT molecular complexity index is 1010. The van der Waals surface area contributed by atoms with E-state index in [2.05, 4.69) is 4.74 Å². The van der Waals surface area contributed by atoms with Gasteiger partial charge in [0.1, 0.15) is 40.7 Å². The van der Waals surface area contributed by atoms with Gasteiger partial charge in [-0.1, -0.05) is 18.2 Å². The lowest BCUT2D eigenvalue weighted by atomic mass is 9.94. The molecule has 0 atom stereocenters. The number of carbonyl (C=O) groups excluding carboxylic acids is 1. The van der Waals surface area contributed by atoms with Crippen molar-refractivity contribution in [2.24, 2.45) is 0 Å². The number of esters is 1. The van der Waals surface area contributed by atoms with Gasteiger partial charge in [-0.05, 0) is 31.5 Å². The molecule has 1 heterocycles. The highest BCUT2D eigenvalue weighted by atomic mass is 16.5. The number of phenolic OH excluding ortho intramolecular Hbond substituents is 1. The van der Waals surface area contributed by atoms with Crippen molar-refractivity contribution in [2.45, 2.75) is 19.4 Å². The van der Waals surface area contributed by atoms with Crippen LogP contribution in [0.2, 0.25) is 0 Å². The Morgan fingerprint density at radius 3 is 2.44 bits per heavy atom. The third-order valence-corrected chi connectivity index (χ3v) is 3.93. The molecule has 0 unspecified atom stereocenters. The highest BCUT2D eigenvalue weighted by molar-refractivity contribution is 5.93. The molecular weight excluding hydrogens is 346 g/mol. The molecule has 1 N–H and O–H groups in total. The molecule has 0 fully saturated rings. The molecule has 134 valence electrons. The van der Waals surface area contributed by atoms with Gasteiger partial charge >= 0.3 is 5.97 Å². The number of benzene rings is 1. The molecule has 1 aliphatic heterocycles. The van der Waals surface area contributed by atoms with Gasteiger partial charge in [0.05, 0.1) is 7.11 Å². The van der Waals surface area contributed by atoms with E-state index in [1.165, 1.54) is 19.2 Å². The average Bonchev–Trinajstić information content (AvgIpc) is 2.91. The number of allylic oxidation sites excluding steroid dienone is 2. The Balaban J connectivity index is 2.55. The standard InChI is InChI=1S/C20H15N3O4/c1-20(2)16(15(11-23)18(27-20)13(9-21)10-22)6-4-12-5-7-17(24)14(8-12)19(25)26-3/h4-8,24H,1-3H3/b6-4+. The topological polar surface area (TPSA) is 127 Å². The molecule has 0 radical (unpaired) electrons. The molecule has 0 aromatic heterocycles. The summed E-state index contributed by atoms with van der Waals surface area (Å²) in [7, 11) is 1.21. The molecule has 0 spiro atoms. The third-order valence-electron chi connectivity index (χ3n) is 3.93. The molecule has 0 saturated heterocycles. The zero-order chi connectivity index (χ0) is 20.2. The van der Waals surface area contributed by atoms with Gasteiger partial charge in [-0.15, -0.1) is 0 Å². The summed E-state index contributed by atoms with van der Waals surface area (Å²) in [6.07, 6.45) is 3.25. The van der Waals surface area contributed by atoms with E-state index < -0.39 is 11.6 Å². The molecule has 7 heteroatoms. The molecule has 7 nitrogen and oxygen atoms in total. The number of nitriles is 3. The fraction of sp³-hybridized carbons (Fsp3) is 0.200. The number of hydrogen-bond donors (Lipinski definition) is 1. The first-order valence-corrected chi connectivity index (χ1v) is 7.77. The fourth-order valence-electron chi connectivity index (χ4n) is 2.59. The molecule has 1 aromatic rings. The fourth-order valence-corrected chi connectivity index (χ4v) is 2.59. The highest BCUT2D eigenvalue weighted by Crippen LogP contribution is 2.40. The van der Waals surface area contributed by atoms with Crippen LogP contribution >= 0.6 is 0 Å². The number of carbonyl (C=O) groups is 1. The number of phenols is 1. The smallest absolute Gasteiger partial charge is 0.341 e. The van der Waals surface area contributed by atoms with Gasteiger partial charge in [0.15, 0.2) is 11.3 Å². The molecular formula is C20H15N3O4. The van der Waals surface area contributed by atoms with Crippen LogP contribution in [0.25, 0.3) is 6.08 Å². The molecule has 27 heavy (non-hydrogen) atoms. The zero-order valence-corrected chi connectivity index (χ0v) is 14.9. The van der Waals surface area contributed by atoms with Crippen LogP contribution in [0.5, 0.6) is 5.75 Å². The predicted octanol–water partition coefficient (Wildman–Crippen LogP) is 3.12. The normalized spacial score (nSPS) is 14.9. The van der Waals surface area contributed by atoms with Crippen molar-refractivity contribution < 1.29 is 19.4 Å². The van der Waals surface area contributed by atoms with Gasteiger partial charge < -0.3 is 14.6 Å². The second-order valence-electron chi connectivity index (χ2n) is 6.04. The SMILES string of the molecule is COC(=O)c1cc(/C=C/C2=C(C#N)C(=C(C#N)C#N)OC2(C)C)ccc1O. The van der Waals surface area contributed by atoms with E-state index in [0.29, 0.717) is 11.1 Å². The van der Waals surface area contributed by atoms with Crippen molar-refractivity contribution in [3.8, 4) is 24.0 Å². The second-order valence-corrected chi connectivity index (χ2v) is 6.04. The van der Waals surface area contributed by atoms with Gasteiger partial charge in [0.2, 0.25) is 0 Å². The number of ether oxygens (including phenoxy) is 2. The molecule has 0 amide bonds. The number of methoxy groups -OCH3 is 1. The minimum atomic E-state index is -0.933. The summed E-state index contributed by atoms with van der Waals surface area (Å²) in [6, 6.07) is 9.82. The minimum absolute atomic E-state index is 0.00732. The second kappa shape index (κ2) is 7.47. The van der Waals surface area contributed by atoms with Gasteiger partial charge in [-0.25, -0.2) is 4.79 Å². The van der Waals surface area contributed by atoms with E-state index in [9.17, 15) is 15.2 Å². The summed E-state index contributed by atoms with van der Waals surface area (Å²) in [5.41, 5.74) is -0.0460. The van der Waals surface area contributed by atoms with Crippen molar-refractivity contribution >= 4 is 12.0 Å². The lowest BCUT2D eigenvalue weighted by Crippen LogP contribution is -2.20. The Hall–Kier alpha value is -4.02. The van der Waals surface area contributed by atoms with E-state index in [-0.39, 0.29) is 28.2 Å². The van der Waals surface area contributed by atoms with Gasteiger partial charge in [0, 0.05) is 5.57 Å². The maximum absolute atomic E-state index is 11.7. The average molecular weight is 361 g/mol. The maximum atomic E-state index is 11.7. The Morgan fingerprint density at radius 1 is 1.22 bits per heavy atom. The number of hydrogen-bond acceptors (Lipinski definition) is 7. The van der Waals surface area contributed by atoms with Crippen molar-refractivity contribution in [3.05, 3.63) is 57.9 Å². The maximum Gasteiger partial charge on any atom is 0.341 e. The van der Waals surface area contributed by atoms with Crippen LogP contribution in [0.4, 0.5) is 0 Å². The van der Waals surface area contributed by atoms with Crippen molar-refractivity contribution in [2.75, 3.05) is 7.11 Å². The Labute approximate surface area is 156 Å². The van der Waals surface area contributed by atoms with Crippen LogP contribution in [0.1, 0.15) is 29.8 Å². The van der Waals surface area contributed by atoms with E-state index in [1.807, 2.05) is 6.07 Å². The molecule has 1 aliphatic rings. The third kappa shape index (κ3) is 3.66. The number of nitrogens with zero attached hydrogens (tertiary/aromatic N) is 3. The van der Waals surface area contributed by atoms with Crippen molar-refractivity contribution in [1.82, 2.24) is 0 Å². The van der Waals surface area contributed by atoms with Crippen molar-refractivity contribution in [3.63, 3.8) is 0 Å². The monoisotopic (exact) mass is 361 g/mol. The van der Waals surface area contributed by atoms with Gasteiger partial charge in [-0.3, -0.25) is 0 Å². The Morgan fingerprint density at radius 2 is 1.89 bits per heavy atom. The first-order valence-electron chi connectivity index (χ1n) is 7.77. The molecule has 1 aromatic carbocycles. The van der Waals surface area contributed by atoms with E-state index in [1.54, 1.807) is 44.2 Å². The van der Waals surface area contributed by atoms with Crippen LogP contribution in [0, 0.1) is 34.0 Å². The summed E-state index contributed by atoms with van der Waals surface area (Å²) in [5.74, 6) is -0.937. The Kier molecular flexibility index (Phi) is 5.34. The first kappa shape index (κ1) is 19.3. The summed E-state index contributed by atoms with van der Waals surface area (Å²) >= 11 is 0. The highest BCUT2D eigenvalue weighted by Gasteiger charge is 2.38. The van der Waals surface area contributed by atoms with Crippen LogP contribution in [0.3, 0.4) is 0 Å². The predicted molar refractivity (Wildman–Crippen MR) is 94.5 cm³/mol. The van der Waals surface area contributed by atoms with E-state index >= 15 is 0 Å². The molecule has 2 rings (SSSR count). The van der Waals surface area contributed by atoms with E-state index in [4.69, 9.17) is 15.3 Å². The van der Waals surface area contributed by atoms with Crippen LogP contribution < -0.4 is 0 Å². The summed E-state index contributed by atoms with van der Waals surface area (Å²) in [6.45, 7) is 3.42. The van der Waals surface area contributed by atoms with Crippen LogP contribution in [-0.2, 0) is 9.47 Å². The van der Waals surface area contributed by atoms with Gasteiger partial charge in [-0.2, -0.15) is 15.8 Å². The molecule has 0 aliphatic carbocycles. The van der Waals surface area contributed by atoms with Crippen LogP contribution in [-0.4, -0.2) is 23.8 Å². The van der Waals surface area contributed by atoms with Gasteiger partial charge in [0.25, 0.3) is 0 Å². The summed E-state index contributed by atoms with van der Waals surface area (Å²) in [5, 5.41) is 37.4. The lowest BCUT2D eigenvalue weighted by Gasteiger charge is -2.20. The quantitative estimate of drug-likeness (QED) is 0.647. The number of rotatable bonds is 3.